The van der Waals surface area contributed by atoms with Gasteiger partial charge in [-0.05, 0) is 206 Å². The zero-order chi connectivity index (χ0) is 50.4. The van der Waals surface area contributed by atoms with Crippen LogP contribution in [-0.4, -0.2) is 101 Å². The minimum atomic E-state index is -0.919. The highest BCUT2D eigenvalue weighted by atomic mass is 16.6. The van der Waals surface area contributed by atoms with Crippen LogP contribution in [0.15, 0.2) is 12.2 Å². The van der Waals surface area contributed by atoms with Crippen molar-refractivity contribution in [2.75, 3.05) is 14.2 Å². The number of esters is 1. The molecule has 10 saturated carbocycles. The molecule has 12 aliphatic rings. The summed E-state index contributed by atoms with van der Waals surface area (Å²) in [6.07, 6.45) is 20.3. The van der Waals surface area contributed by atoms with E-state index < -0.39 is 18.5 Å². The van der Waals surface area contributed by atoms with Crippen molar-refractivity contribution in [1.29, 1.82) is 0 Å². The van der Waals surface area contributed by atoms with Gasteiger partial charge in [-0.15, -0.1) is 0 Å². The van der Waals surface area contributed by atoms with Gasteiger partial charge in [-0.2, -0.15) is 0 Å². The van der Waals surface area contributed by atoms with E-state index in [-0.39, 0.29) is 75.1 Å². The van der Waals surface area contributed by atoms with Gasteiger partial charge in [0.15, 0.2) is 6.29 Å². The van der Waals surface area contributed by atoms with Gasteiger partial charge < -0.3 is 44.5 Å². The number of methoxy groups -OCH3 is 2. The van der Waals surface area contributed by atoms with Crippen LogP contribution in [0.4, 0.5) is 0 Å². The summed E-state index contributed by atoms with van der Waals surface area (Å²) in [6, 6.07) is 0. The highest BCUT2D eigenvalue weighted by molar-refractivity contribution is 5.69. The van der Waals surface area contributed by atoms with E-state index in [1.54, 1.807) is 6.08 Å². The van der Waals surface area contributed by atoms with Crippen LogP contribution in [0.1, 0.15) is 185 Å². The number of aliphatic hydroxyl groups excluding tert-OH is 5. The van der Waals surface area contributed by atoms with Crippen molar-refractivity contribution in [1.82, 2.24) is 0 Å². The van der Waals surface area contributed by atoms with Crippen molar-refractivity contribution in [3.05, 3.63) is 12.2 Å². The van der Waals surface area contributed by atoms with Crippen molar-refractivity contribution in [2.45, 2.75) is 240 Å². The van der Waals surface area contributed by atoms with Crippen molar-refractivity contribution in [3.8, 4) is 0 Å². The molecular weight excluding hydrogens is 881 g/mol. The Morgan fingerprint density at radius 3 is 1.53 bits per heavy atom. The molecule has 4 spiro atoms. The topological polar surface area (TPSA) is 155 Å². The number of hydrogen-bond acceptors (Lipinski definition) is 10. The third kappa shape index (κ3) is 6.17. The molecule has 2 aliphatic heterocycles. The lowest BCUT2D eigenvalue weighted by Gasteiger charge is -2.63. The number of aliphatic hydroxyl groups is 5. The predicted molar refractivity (Wildman–Crippen MR) is 268 cm³/mol. The summed E-state index contributed by atoms with van der Waals surface area (Å²) in [5.74, 6) is 3.72. The SMILES string of the molecule is COC(=O)CCC1C[C@@H](C)C2C(O1)[C@H](O)[C@@]1(C)[C@@H]3CC[C@H]4C(C)(C)C(O)CC[C@@]45CC35CC[C@]21C.COC(O)/C=C/C1C[C@@H](C)C2C(O1)[C@H](O)[C@@]1(C)[C@@H]3CC[C@H]4C(C)(C)C(O)CC[C@@]45CC35CC[C@]21C. The monoisotopic (exact) mass is 977 g/mol. The lowest BCUT2D eigenvalue weighted by atomic mass is 9.41. The van der Waals surface area contributed by atoms with Crippen LogP contribution in [0.3, 0.4) is 0 Å². The van der Waals surface area contributed by atoms with E-state index in [0.717, 1.165) is 38.5 Å². The molecule has 0 amide bonds. The summed E-state index contributed by atoms with van der Waals surface area (Å²) < 4.78 is 23.2. The fourth-order valence-corrected chi connectivity index (χ4v) is 23.7. The number of carbonyl (C=O) groups is 1. The average molecular weight is 977 g/mol. The van der Waals surface area contributed by atoms with Crippen LogP contribution in [0.2, 0.25) is 0 Å². The number of fused-ring (bicyclic) bond motifs is 8. The Morgan fingerprint density at radius 1 is 0.614 bits per heavy atom. The van der Waals surface area contributed by atoms with Crippen molar-refractivity contribution in [3.63, 3.8) is 0 Å². The van der Waals surface area contributed by atoms with Crippen LogP contribution < -0.4 is 0 Å². The van der Waals surface area contributed by atoms with Crippen LogP contribution in [-0.2, 0) is 23.7 Å². The standard InChI is InChI=1S/2C30H48O5/c2*1-17-15-18(7-10-22(32)34-6)35-24-23(17)27(4)13-14-30-16-29(30)12-11-21(31)26(2,3)19(29)8-9-20(30)28(27,5)25(24)33/h17-21,23-25,31,33H,7-16H2,1-6H3;7,10,17-25,31-33H,8-9,11-16H2,1-6H3/b;10-7+/t17-,18?,19+,20+,21?,23?,24?,25+,27-,28-,29-,30?;17-,18?,19+,20+,21?,22?,23?,24?,25+,27-,28-,29-,30?/m11/s1. The summed E-state index contributed by atoms with van der Waals surface area (Å²) >= 11 is 0. The molecule has 11 unspecified atom stereocenters. The van der Waals surface area contributed by atoms with E-state index in [1.165, 1.54) is 78.4 Å². The van der Waals surface area contributed by atoms with Gasteiger partial charge >= 0.3 is 5.97 Å². The number of hydrogen-bond donors (Lipinski definition) is 5. The summed E-state index contributed by atoms with van der Waals surface area (Å²) in [6.45, 7) is 23.8. The second-order valence-corrected chi connectivity index (χ2v) is 29.4. The van der Waals surface area contributed by atoms with Gasteiger partial charge in [0.1, 0.15) is 0 Å². The largest absolute Gasteiger partial charge is 0.469 e. The highest BCUT2D eigenvalue weighted by Gasteiger charge is 2.86. The molecule has 2 heterocycles. The van der Waals surface area contributed by atoms with Gasteiger partial charge in [0.05, 0.1) is 55.9 Å². The van der Waals surface area contributed by atoms with E-state index >= 15 is 0 Å². The zero-order valence-electron chi connectivity index (χ0n) is 45.5. The molecule has 5 N–H and O–H groups in total. The molecular formula is C60H96O10. The van der Waals surface area contributed by atoms with Crippen LogP contribution in [0.25, 0.3) is 0 Å². The second kappa shape index (κ2) is 16.2. The maximum absolute atomic E-state index is 12.2. The van der Waals surface area contributed by atoms with E-state index in [4.69, 9.17) is 18.9 Å². The first-order chi connectivity index (χ1) is 32.8. The molecule has 0 aromatic carbocycles. The molecule has 12 fully saturated rings. The fourth-order valence-electron chi connectivity index (χ4n) is 23.7. The van der Waals surface area contributed by atoms with Gasteiger partial charge in [0.2, 0.25) is 0 Å². The molecule has 0 bridgehead atoms. The summed E-state index contributed by atoms with van der Waals surface area (Å²) in [5.41, 5.74) is 1.20. The van der Waals surface area contributed by atoms with Gasteiger partial charge in [-0.3, -0.25) is 4.79 Å². The molecule has 0 radical (unpaired) electrons. The molecule has 0 aromatic rings. The third-order valence-corrected chi connectivity index (χ3v) is 27.3. The van der Waals surface area contributed by atoms with Crippen LogP contribution >= 0.6 is 0 Å². The number of rotatable bonds is 6. The first kappa shape index (κ1) is 51.0. The number of carbonyl (C=O) groups excluding carboxylic acids is 1. The fraction of sp³-hybridized carbons (Fsp3) is 0.950. The molecule has 10 heteroatoms. The summed E-state index contributed by atoms with van der Waals surface area (Å²) in [7, 11) is 2.94. The zero-order valence-corrected chi connectivity index (χ0v) is 45.5. The molecule has 70 heavy (non-hydrogen) atoms. The summed E-state index contributed by atoms with van der Waals surface area (Å²) in [4.78, 5) is 11.8. The van der Waals surface area contributed by atoms with E-state index in [0.29, 0.717) is 81.8 Å². The van der Waals surface area contributed by atoms with Gasteiger partial charge in [0, 0.05) is 24.4 Å². The Morgan fingerprint density at radius 2 is 1.06 bits per heavy atom. The summed E-state index contributed by atoms with van der Waals surface area (Å²) in [5, 5.41) is 55.9. The predicted octanol–water partition coefficient (Wildman–Crippen LogP) is 9.80. The Hall–Kier alpha value is -1.11. The van der Waals surface area contributed by atoms with E-state index in [2.05, 4.69) is 69.2 Å². The number of ether oxygens (including phenoxy) is 4. The average Bonchev–Trinajstić information content (AvgIpc) is 4.17. The minimum Gasteiger partial charge on any atom is -0.469 e. The first-order valence-corrected chi connectivity index (χ1v) is 28.8. The minimum absolute atomic E-state index is 0.0128. The Balaban J connectivity index is 0.000000152. The normalized spacial score (nSPS) is 58.4. The second-order valence-electron chi connectivity index (χ2n) is 29.4. The molecule has 12 rings (SSSR count). The maximum atomic E-state index is 12.2. The molecule has 0 aromatic heterocycles. The molecule has 25 atom stereocenters. The van der Waals surface area contributed by atoms with Crippen molar-refractivity contribution in [2.24, 2.45) is 101 Å². The Kier molecular flexibility index (Phi) is 11.8. The van der Waals surface area contributed by atoms with Gasteiger partial charge in [0.25, 0.3) is 0 Å². The Bertz CT molecular complexity index is 2090. The van der Waals surface area contributed by atoms with Crippen molar-refractivity contribution < 1.29 is 49.3 Å². The molecule has 10 nitrogen and oxygen atoms in total. The van der Waals surface area contributed by atoms with Crippen LogP contribution in [0.5, 0.6) is 0 Å². The Labute approximate surface area is 421 Å². The lowest BCUT2D eigenvalue weighted by Crippen LogP contribution is -2.59. The van der Waals surface area contributed by atoms with Crippen LogP contribution in [0, 0.1) is 101 Å². The maximum Gasteiger partial charge on any atom is 0.305 e. The van der Waals surface area contributed by atoms with Crippen molar-refractivity contribution >= 4 is 5.97 Å². The van der Waals surface area contributed by atoms with Gasteiger partial charge in [-0.25, -0.2) is 0 Å². The third-order valence-electron chi connectivity index (χ3n) is 27.3. The first-order valence-electron chi connectivity index (χ1n) is 28.8. The highest BCUT2D eigenvalue weighted by Crippen LogP contribution is 2.91. The lowest BCUT2D eigenvalue weighted by molar-refractivity contribution is -0.182. The molecule has 2 saturated heterocycles. The smallest absolute Gasteiger partial charge is 0.305 e. The quantitative estimate of drug-likeness (QED) is 0.0988. The molecule has 10 aliphatic carbocycles. The van der Waals surface area contributed by atoms with Gasteiger partial charge in [-0.1, -0.05) is 75.3 Å². The molecule has 396 valence electrons. The van der Waals surface area contributed by atoms with E-state index in [1.807, 2.05) is 6.08 Å². The van der Waals surface area contributed by atoms with E-state index in [9.17, 15) is 30.3 Å².